The van der Waals surface area contributed by atoms with Crippen molar-refractivity contribution in [1.82, 2.24) is 25.8 Å². The van der Waals surface area contributed by atoms with E-state index in [2.05, 4.69) is 95.8 Å². The smallest absolute Gasteiger partial charge is 0.328 e. The van der Waals surface area contributed by atoms with E-state index in [1.165, 1.54) is 66.5 Å². The molecular formula is C89H139N27O24S4. The zero-order chi connectivity index (χ0) is 107. The summed E-state index contributed by atoms with van der Waals surface area (Å²) in [4.78, 5) is 122. The largest absolute Gasteiger partial charge is 0.508 e. The molecule has 1 amide bonds. The van der Waals surface area contributed by atoms with Gasteiger partial charge in [-0.3, -0.25) is 30.6 Å². The van der Waals surface area contributed by atoms with Crippen LogP contribution in [0.3, 0.4) is 0 Å². The summed E-state index contributed by atoms with van der Waals surface area (Å²) in [5, 5.41) is 265. The number of aliphatic hydroxyl groups excluding tert-OH is 16. The van der Waals surface area contributed by atoms with Gasteiger partial charge in [-0.05, 0) is 149 Å². The fourth-order valence-corrected chi connectivity index (χ4v) is 17.5. The van der Waals surface area contributed by atoms with Gasteiger partial charge in [0, 0.05) is 74.0 Å². The summed E-state index contributed by atoms with van der Waals surface area (Å²) in [7, 11) is 1.60. The Balaban J connectivity index is 2.00. The van der Waals surface area contributed by atoms with Crippen molar-refractivity contribution in [2.45, 2.75) is 248 Å². The number of H-pyrrole nitrogens is 1. The Bertz CT molecular complexity index is 5220. The van der Waals surface area contributed by atoms with Gasteiger partial charge in [0.15, 0.2) is 35.9 Å². The van der Waals surface area contributed by atoms with Gasteiger partial charge in [-0.2, -0.15) is 23.5 Å². The third kappa shape index (κ3) is 41.7. The zero-order valence-electron chi connectivity index (χ0n) is 81.4. The number of amides is 1. The predicted molar refractivity (Wildman–Crippen MR) is 567 cm³/mol. The molecule has 35 N–H and O–H groups in total. The quantitative estimate of drug-likeness (QED) is 0.0118. The molecule has 3 heterocycles. The minimum Gasteiger partial charge on any atom is -0.508 e. The summed E-state index contributed by atoms with van der Waals surface area (Å²) < 4.78 is 0. The van der Waals surface area contributed by atoms with E-state index in [1.807, 2.05) is 0 Å². The van der Waals surface area contributed by atoms with Crippen LogP contribution >= 0.6 is 45.1 Å². The van der Waals surface area contributed by atoms with Crippen molar-refractivity contribution in [1.29, 1.82) is 16.2 Å². The first-order valence-electron chi connectivity index (χ1n) is 46.2. The average Bonchev–Trinajstić information content (AvgIpc) is 1.56. The van der Waals surface area contributed by atoms with Crippen molar-refractivity contribution in [3.8, 4) is 5.75 Å². The molecule has 0 saturated carbocycles. The minimum absolute atomic E-state index is 0.00542. The van der Waals surface area contributed by atoms with Gasteiger partial charge in [0.25, 0.3) is 0 Å². The molecule has 798 valence electrons. The highest BCUT2D eigenvalue weighted by Gasteiger charge is 2.40. The summed E-state index contributed by atoms with van der Waals surface area (Å²) >= 11 is 2.51. The lowest BCUT2D eigenvalue weighted by Gasteiger charge is -2.27. The standard InChI is InChI=1S/C89H139N27O24S4/c1-43(2)67-82(135)101-40-64(119)102-53(18-12-30-97-87(91)92)74(127)113-68(44(3)4)83(136)109-59(36-47-22-24-49(118)25-23-47)77(130)107-58(20-14-32-99-89(95)96)85(138)116-33-15-21-63(116)81(134)111-62(80(133)108-60(37-48-39-100-52-17-11-10-16-50(48)52)78(131)104-55(26-27-65(120)121)75(128)114-69(45(5)6)86(139)140)42-144-143-41-61(79(132)105-57(29-35-142-9)76(129)112-67)110-72(125)54(19-13-31-98-88(93)94)103-73(126)56(28-34-141-8)106-84(137)70(46(7)117)115-71(124)51(90)38-66(122)123/h10-11,16-17,22-25,39,43-46,51,53-63,67-70,100,117-118H,12-15,18-21,26-38,40-42,90H2,1-9H3,(H,101,135)(H,102,119)(H,103,126)(H,104,131)(H,105,132)(H,106,137)(H,107,130)(H,108,133)(H,109,136)(H,110,125)(H,111,134)(H,112,129)(H,113,127)(H,114,128)(H,115,124)(H,120,121)(H,122,123)(H,139,140)(H4,91,92,97)(H4,93,94,98)(H4,95,96,99)/t46-,51+,53+,54+,55+,56+,57+,58+,59+,60+,61+,62+,63+,67+,68+,69+,70+/m1/s1. The second-order valence-corrected chi connectivity index (χ2v) is 39.2. The predicted octanol–water partition coefficient (Wildman–Crippen LogP) is 6.95. The summed E-state index contributed by atoms with van der Waals surface area (Å²) in [6.45, 7) is 9.41. The number of nitrogens with zero attached hydrogens (tertiary/aromatic N) is 16. The molecule has 0 radical (unpaired) electrons. The molecule has 5 rings (SSSR count). The van der Waals surface area contributed by atoms with E-state index in [4.69, 9.17) is 39.2 Å². The molecule has 1 fully saturated rings. The maximum absolute atomic E-state index is 15.7. The van der Waals surface area contributed by atoms with E-state index in [9.17, 15) is 117 Å². The number of aromatic nitrogens is 1. The van der Waals surface area contributed by atoms with Crippen LogP contribution in [0.2, 0.25) is 0 Å². The number of aromatic amines is 1. The molecule has 2 aliphatic heterocycles. The Kier molecular flexibility index (Phi) is 52.0. The summed E-state index contributed by atoms with van der Waals surface area (Å²) in [5.74, 6) is -23.4. The molecule has 144 heavy (non-hydrogen) atoms. The van der Waals surface area contributed by atoms with Crippen molar-refractivity contribution in [3.05, 3.63) is 65.9 Å². The Morgan fingerprint density at radius 2 is 1.08 bits per heavy atom. The summed E-state index contributed by atoms with van der Waals surface area (Å²) in [6.07, 6.45) is -0.433. The number of thioether (sulfide) groups is 2. The summed E-state index contributed by atoms with van der Waals surface area (Å²) in [5.41, 5.74) is 24.1. The number of guanidine groups is 3. The molecule has 1 saturated heterocycles. The second-order valence-electron chi connectivity index (χ2n) is 34.6. The molecule has 55 heteroatoms. The number of aliphatic imine (C=N–C) groups is 15. The number of phenols is 1. The lowest BCUT2D eigenvalue weighted by molar-refractivity contribution is -0.140. The number of phenolic OH excluding ortho intramolecular Hbond substituents is 1. The maximum atomic E-state index is 15.7. The van der Waals surface area contributed by atoms with Gasteiger partial charge in [-0.15, -0.1) is 0 Å². The highest BCUT2D eigenvalue weighted by atomic mass is 33.1. The molecule has 2 aliphatic rings. The Morgan fingerprint density at radius 1 is 0.549 bits per heavy atom. The second kappa shape index (κ2) is 61.7. The Morgan fingerprint density at radius 3 is 1.65 bits per heavy atom. The SMILES string of the molecule is CSCC[C@@H]1N=C(O)[C@@H](N=C(O)[C@H](CCCNC(=N)N)N=C(O)[C@H](CCSC)N=C(O)[C@@H](N=C(O)[C@@H](N)CC(=O)O)[C@@H](C)O)CSSC[C@@H](C(O)=N[C@@H](Cc2c[nH]c3ccccc23)C(O)=N[C@@H](CCC(=O)O)C(O)=N[C@H](C(=O)O)C(C)C)N=C(O)[C@@H]2CCCN2C(=O)[C@H](CCCNC(=N)N)N=C(O)[C@H](Cc2ccc(O)cc2)N=C(O)[C@H](C(C)C)N=C(O)[C@H](CCCNC(=N)N)N=C(O)CN=C(O)[C@H](C(C)C)N=C1O. The van der Waals surface area contributed by atoms with E-state index in [1.54, 1.807) is 70.7 Å². The van der Waals surface area contributed by atoms with Gasteiger partial charge in [0.2, 0.25) is 88.5 Å². The molecule has 51 nitrogen and oxygen atoms in total. The number of nitrogens with one attached hydrogen (secondary N) is 7. The number of benzene rings is 2. The Hall–Kier alpha value is -13.2. The van der Waals surface area contributed by atoms with Crippen LogP contribution in [0, 0.1) is 34.0 Å². The molecular weight excluding hydrogens is 1960 g/mol. The summed E-state index contributed by atoms with van der Waals surface area (Å²) in [6, 6.07) is -13.8. The number of hydrogen-bond acceptors (Lipinski definition) is 29. The van der Waals surface area contributed by atoms with Crippen LogP contribution in [-0.2, 0) is 32.0 Å². The number of hydrogen-bond donors (Lipinski definition) is 31. The van der Waals surface area contributed by atoms with Crippen molar-refractivity contribution in [2.75, 3.05) is 68.2 Å². The number of carbonyl (C=O) groups excluding carboxylic acids is 1. The van der Waals surface area contributed by atoms with Crippen LogP contribution in [-0.4, -0.2) is 413 Å². The van der Waals surface area contributed by atoms with Crippen LogP contribution in [0.4, 0.5) is 0 Å². The lowest BCUT2D eigenvalue weighted by Crippen LogP contribution is -2.46. The fourth-order valence-electron chi connectivity index (χ4n) is 14.3. The average molecular weight is 2100 g/mol. The number of carboxylic acid groups (broad SMARTS) is 3. The van der Waals surface area contributed by atoms with Crippen LogP contribution in [0.5, 0.6) is 5.75 Å². The Labute approximate surface area is 847 Å². The van der Waals surface area contributed by atoms with Crippen molar-refractivity contribution >= 4 is 186 Å². The first-order valence-corrected chi connectivity index (χ1v) is 51.5. The minimum atomic E-state index is -1.85. The normalized spacial score (nSPS) is 22.0. The fraction of sp³-hybridized carbons (Fsp3) is 0.596. The number of carbonyl (C=O) groups is 4. The molecule has 0 bridgehead atoms. The van der Waals surface area contributed by atoms with Crippen molar-refractivity contribution in [2.24, 2.45) is 116 Å². The zero-order valence-corrected chi connectivity index (χ0v) is 84.7. The molecule has 17 atom stereocenters. The number of aliphatic carboxylic acids is 3. The number of aliphatic hydroxyl groups is 16. The van der Waals surface area contributed by atoms with Crippen molar-refractivity contribution < 1.29 is 121 Å². The number of para-hydroxylation sites is 1. The van der Waals surface area contributed by atoms with Gasteiger partial charge in [-0.25, -0.2) is 79.7 Å². The highest BCUT2D eigenvalue weighted by molar-refractivity contribution is 8.76. The first kappa shape index (κ1) is 121. The van der Waals surface area contributed by atoms with Gasteiger partial charge in [0.05, 0.1) is 18.6 Å². The maximum Gasteiger partial charge on any atom is 0.328 e. The molecule has 0 unspecified atom stereocenters. The van der Waals surface area contributed by atoms with Crippen LogP contribution < -0.4 is 38.9 Å². The van der Waals surface area contributed by atoms with Gasteiger partial charge >= 0.3 is 17.9 Å². The number of fused-ring (bicyclic) bond motifs is 2. The van der Waals surface area contributed by atoms with Gasteiger partial charge in [-0.1, -0.05) is 93.5 Å². The topological polar surface area (TPSA) is 889 Å². The van der Waals surface area contributed by atoms with E-state index >= 15 is 4.79 Å². The van der Waals surface area contributed by atoms with Crippen LogP contribution in [0.1, 0.15) is 143 Å². The van der Waals surface area contributed by atoms with E-state index < -0.39 is 294 Å². The van der Waals surface area contributed by atoms with Crippen molar-refractivity contribution in [3.63, 3.8) is 0 Å². The highest BCUT2D eigenvalue weighted by Crippen LogP contribution is 2.31. The third-order valence-electron chi connectivity index (χ3n) is 22.0. The number of rotatable bonds is 46. The lowest BCUT2D eigenvalue weighted by atomic mass is 10.0. The first-order chi connectivity index (χ1) is 68.0. The van der Waals surface area contributed by atoms with E-state index in [0.29, 0.717) is 22.0 Å². The van der Waals surface area contributed by atoms with Gasteiger partial charge in [0.1, 0.15) is 90.8 Å². The van der Waals surface area contributed by atoms with Crippen LogP contribution in [0.15, 0.2) is 130 Å². The number of aromatic hydroxyl groups is 1. The molecule has 2 aromatic carbocycles. The monoisotopic (exact) mass is 2100 g/mol. The van der Waals surface area contributed by atoms with E-state index in [0.717, 1.165) is 28.5 Å². The molecule has 1 aromatic heterocycles. The molecule has 3 aromatic rings. The molecule has 0 aliphatic carbocycles. The van der Waals surface area contributed by atoms with E-state index in [-0.39, 0.29) is 114 Å². The number of carboxylic acids is 3. The molecule has 0 spiro atoms. The van der Waals surface area contributed by atoms with Gasteiger partial charge < -0.3 is 151 Å². The van der Waals surface area contributed by atoms with Crippen LogP contribution in [0.25, 0.3) is 10.9 Å². The number of nitrogens with two attached hydrogens (primary N) is 4. The third-order valence-corrected chi connectivity index (χ3v) is 25.7.